The second-order valence-corrected chi connectivity index (χ2v) is 5.00. The summed E-state index contributed by atoms with van der Waals surface area (Å²) in [6, 6.07) is 5.87. The molecule has 0 radical (unpaired) electrons. The third-order valence-electron chi connectivity index (χ3n) is 3.56. The van der Waals surface area contributed by atoms with E-state index in [1.165, 1.54) is 0 Å². The molecule has 1 aliphatic rings. The minimum atomic E-state index is -0.326. The molecule has 0 saturated heterocycles. The maximum Gasteiger partial charge on any atom is 0.272 e. The van der Waals surface area contributed by atoms with Crippen molar-refractivity contribution in [3.63, 3.8) is 0 Å². The van der Waals surface area contributed by atoms with Crippen LogP contribution in [0.15, 0.2) is 18.2 Å². The largest absolute Gasteiger partial charge is 0.378 e. The number of nitrogens with zero attached hydrogens (tertiary/aromatic N) is 1. The van der Waals surface area contributed by atoms with Crippen LogP contribution in [0.25, 0.3) is 0 Å². The Morgan fingerprint density at radius 2 is 2.21 bits per heavy atom. The van der Waals surface area contributed by atoms with E-state index in [0.29, 0.717) is 24.3 Å². The smallest absolute Gasteiger partial charge is 0.272 e. The van der Waals surface area contributed by atoms with Gasteiger partial charge < -0.3 is 10.1 Å². The van der Waals surface area contributed by atoms with Gasteiger partial charge in [0.1, 0.15) is 0 Å². The average Bonchev–Trinajstić information content (AvgIpc) is 2.33. The molecule has 0 atom stereocenters. The summed E-state index contributed by atoms with van der Waals surface area (Å²) in [6.07, 6.45) is 2.44. The van der Waals surface area contributed by atoms with E-state index in [9.17, 15) is 10.1 Å². The first kappa shape index (κ1) is 14.0. The van der Waals surface area contributed by atoms with Crippen LogP contribution in [0, 0.1) is 17.0 Å². The summed E-state index contributed by atoms with van der Waals surface area (Å²) < 4.78 is 5.50. The number of benzene rings is 1. The Morgan fingerprint density at radius 3 is 2.84 bits per heavy atom. The Hall–Kier alpha value is -1.46. The Balaban J connectivity index is 1.84. The molecule has 0 amide bonds. The summed E-state index contributed by atoms with van der Waals surface area (Å²) in [7, 11) is 0. The lowest BCUT2D eigenvalue weighted by Crippen LogP contribution is -2.45. The Kier molecular flexibility index (Phi) is 4.50. The van der Waals surface area contributed by atoms with Gasteiger partial charge in [0.15, 0.2) is 0 Å². The van der Waals surface area contributed by atoms with Crippen LogP contribution in [-0.4, -0.2) is 23.7 Å². The van der Waals surface area contributed by atoms with Crippen LogP contribution >= 0.6 is 0 Å². The van der Waals surface area contributed by atoms with Gasteiger partial charge in [-0.05, 0) is 32.3 Å². The van der Waals surface area contributed by atoms with Crippen LogP contribution in [0.4, 0.5) is 5.69 Å². The molecule has 5 nitrogen and oxygen atoms in total. The van der Waals surface area contributed by atoms with Crippen molar-refractivity contribution in [1.29, 1.82) is 0 Å². The summed E-state index contributed by atoms with van der Waals surface area (Å²) in [5.74, 6) is 0. The van der Waals surface area contributed by atoms with E-state index in [0.717, 1.165) is 25.0 Å². The molecule has 0 bridgehead atoms. The topological polar surface area (TPSA) is 64.4 Å². The van der Waals surface area contributed by atoms with Gasteiger partial charge in [0.05, 0.1) is 11.0 Å². The highest BCUT2D eigenvalue weighted by Crippen LogP contribution is 2.24. The third-order valence-corrected chi connectivity index (χ3v) is 3.56. The molecule has 0 unspecified atom stereocenters. The van der Waals surface area contributed by atoms with E-state index in [2.05, 4.69) is 5.32 Å². The second kappa shape index (κ2) is 6.12. The maximum absolute atomic E-state index is 10.9. The van der Waals surface area contributed by atoms with E-state index in [-0.39, 0.29) is 10.6 Å². The molecular formula is C14H20N2O3. The number of hydrogen-bond acceptors (Lipinski definition) is 4. The Bertz CT molecular complexity index is 456. The van der Waals surface area contributed by atoms with E-state index in [1.807, 2.05) is 13.0 Å². The normalized spacial score (nSPS) is 22.0. The monoisotopic (exact) mass is 264 g/mol. The van der Waals surface area contributed by atoms with Crippen LogP contribution in [0.5, 0.6) is 0 Å². The predicted molar refractivity (Wildman–Crippen MR) is 73.1 cm³/mol. The van der Waals surface area contributed by atoms with Gasteiger partial charge >= 0.3 is 0 Å². The number of nitrogens with one attached hydrogen (secondary N) is 1. The molecule has 19 heavy (non-hydrogen) atoms. The van der Waals surface area contributed by atoms with E-state index >= 15 is 0 Å². The standard InChI is InChI=1S/C14H20N2O3/c1-3-19-13-7-12(8-13)15-9-11-5-4-10(2)14(6-11)16(17)18/h4-6,12-13,15H,3,7-9H2,1-2H3. The first-order chi connectivity index (χ1) is 9.10. The quantitative estimate of drug-likeness (QED) is 0.633. The van der Waals surface area contributed by atoms with Gasteiger partial charge in [0, 0.05) is 30.8 Å². The van der Waals surface area contributed by atoms with E-state index in [4.69, 9.17) is 4.74 Å². The molecule has 1 fully saturated rings. The summed E-state index contributed by atoms with van der Waals surface area (Å²) in [4.78, 5) is 10.5. The number of nitro benzene ring substituents is 1. The summed E-state index contributed by atoms with van der Waals surface area (Å²) in [5, 5.41) is 14.3. The third kappa shape index (κ3) is 3.52. The zero-order chi connectivity index (χ0) is 13.8. The maximum atomic E-state index is 10.9. The number of nitro groups is 1. The Morgan fingerprint density at radius 1 is 1.47 bits per heavy atom. The number of hydrogen-bond donors (Lipinski definition) is 1. The van der Waals surface area contributed by atoms with Gasteiger partial charge in [-0.15, -0.1) is 0 Å². The van der Waals surface area contributed by atoms with Crippen molar-refractivity contribution >= 4 is 5.69 Å². The lowest BCUT2D eigenvalue weighted by molar-refractivity contribution is -0.385. The van der Waals surface area contributed by atoms with Crippen LogP contribution in [0.2, 0.25) is 0 Å². The van der Waals surface area contributed by atoms with Crippen molar-refractivity contribution in [3.05, 3.63) is 39.4 Å². The summed E-state index contributed by atoms with van der Waals surface area (Å²) >= 11 is 0. The van der Waals surface area contributed by atoms with Gasteiger partial charge in [-0.3, -0.25) is 10.1 Å². The van der Waals surface area contributed by atoms with Crippen molar-refractivity contribution in [2.45, 2.75) is 45.4 Å². The van der Waals surface area contributed by atoms with E-state index in [1.54, 1.807) is 19.1 Å². The van der Waals surface area contributed by atoms with Gasteiger partial charge in [-0.25, -0.2) is 0 Å². The molecule has 104 valence electrons. The fourth-order valence-corrected chi connectivity index (χ4v) is 2.33. The van der Waals surface area contributed by atoms with Crippen molar-refractivity contribution in [1.82, 2.24) is 5.32 Å². The molecular weight excluding hydrogens is 244 g/mol. The van der Waals surface area contributed by atoms with Crippen molar-refractivity contribution in [2.75, 3.05) is 6.61 Å². The molecule has 1 saturated carbocycles. The predicted octanol–water partition coefficient (Wildman–Crippen LogP) is 2.56. The number of aryl methyl sites for hydroxylation is 1. The fourth-order valence-electron chi connectivity index (χ4n) is 2.33. The van der Waals surface area contributed by atoms with Crippen LogP contribution in [0.3, 0.4) is 0 Å². The van der Waals surface area contributed by atoms with Gasteiger partial charge in [0.25, 0.3) is 5.69 Å². The highest BCUT2D eigenvalue weighted by Gasteiger charge is 2.28. The SMILES string of the molecule is CCOC1CC(NCc2ccc(C)c([N+](=O)[O-])c2)C1. The number of rotatable bonds is 6. The van der Waals surface area contributed by atoms with Crippen LogP contribution < -0.4 is 5.32 Å². The highest BCUT2D eigenvalue weighted by atomic mass is 16.6. The minimum absolute atomic E-state index is 0.195. The van der Waals surface area contributed by atoms with Crippen LogP contribution in [0.1, 0.15) is 30.9 Å². The molecule has 5 heteroatoms. The fraction of sp³-hybridized carbons (Fsp3) is 0.571. The summed E-state index contributed by atoms with van der Waals surface area (Å²) in [5.41, 5.74) is 1.85. The number of ether oxygens (including phenoxy) is 1. The summed E-state index contributed by atoms with van der Waals surface area (Å²) in [6.45, 7) is 5.20. The molecule has 1 N–H and O–H groups in total. The molecule has 0 aromatic heterocycles. The minimum Gasteiger partial charge on any atom is -0.378 e. The zero-order valence-electron chi connectivity index (χ0n) is 11.4. The van der Waals surface area contributed by atoms with Gasteiger partial charge in [-0.1, -0.05) is 12.1 Å². The lowest BCUT2D eigenvalue weighted by atomic mass is 9.89. The molecule has 2 rings (SSSR count). The second-order valence-electron chi connectivity index (χ2n) is 5.00. The first-order valence-corrected chi connectivity index (χ1v) is 6.69. The molecule has 0 heterocycles. The van der Waals surface area contributed by atoms with Gasteiger partial charge in [-0.2, -0.15) is 0 Å². The van der Waals surface area contributed by atoms with Crippen molar-refractivity contribution < 1.29 is 9.66 Å². The highest BCUT2D eigenvalue weighted by molar-refractivity contribution is 5.42. The molecule has 0 aliphatic heterocycles. The Labute approximate surface area is 113 Å². The zero-order valence-corrected chi connectivity index (χ0v) is 11.4. The first-order valence-electron chi connectivity index (χ1n) is 6.69. The van der Waals surface area contributed by atoms with E-state index < -0.39 is 0 Å². The molecule has 1 aromatic rings. The lowest BCUT2D eigenvalue weighted by Gasteiger charge is -2.35. The average molecular weight is 264 g/mol. The molecule has 0 spiro atoms. The van der Waals surface area contributed by atoms with Crippen LogP contribution in [-0.2, 0) is 11.3 Å². The molecule has 1 aliphatic carbocycles. The van der Waals surface area contributed by atoms with Crippen molar-refractivity contribution in [3.8, 4) is 0 Å². The van der Waals surface area contributed by atoms with Crippen molar-refractivity contribution in [2.24, 2.45) is 0 Å². The molecule has 1 aromatic carbocycles. The van der Waals surface area contributed by atoms with Gasteiger partial charge in [0.2, 0.25) is 0 Å².